The molecule has 3 aromatic rings. The summed E-state index contributed by atoms with van der Waals surface area (Å²) in [6, 6.07) is 7.90. The number of methoxy groups -OCH3 is 1. The molecule has 0 unspecified atom stereocenters. The topological polar surface area (TPSA) is 73.9 Å². The van der Waals surface area contributed by atoms with E-state index in [1.165, 1.54) is 25.7 Å². The van der Waals surface area contributed by atoms with Gasteiger partial charge in [-0.15, -0.1) is 0 Å². The quantitative estimate of drug-likeness (QED) is 0.651. The molecule has 4 rings (SSSR count). The molecule has 0 aromatic carbocycles. The lowest BCUT2D eigenvalue weighted by Crippen LogP contribution is -1.99. The normalized spacial score (nSPS) is 14.6. The van der Waals surface area contributed by atoms with Crippen molar-refractivity contribution in [1.29, 1.82) is 0 Å². The zero-order valence-electron chi connectivity index (χ0n) is 16.0. The minimum Gasteiger partial charge on any atom is -0.481 e. The molecule has 1 fully saturated rings. The molecule has 0 bridgehead atoms. The standard InChI is InChI=1S/C21H24N4O2/c1-4-17-10-15(9-13(2)22-17)20-24-21(27-25-20)16-11-18(14-7-5-6-8-14)23-19(12-16)26-3/h9-12,14H,4-8H2,1-3H3. The highest BCUT2D eigenvalue weighted by Crippen LogP contribution is 2.36. The molecule has 1 saturated carbocycles. The zero-order valence-corrected chi connectivity index (χ0v) is 16.0. The molecule has 140 valence electrons. The second-order valence-electron chi connectivity index (χ2n) is 7.07. The Morgan fingerprint density at radius 3 is 2.59 bits per heavy atom. The van der Waals surface area contributed by atoms with Crippen molar-refractivity contribution >= 4 is 0 Å². The van der Waals surface area contributed by atoms with E-state index in [-0.39, 0.29) is 0 Å². The molecule has 1 aliphatic rings. The fraction of sp³-hybridized carbons (Fsp3) is 0.429. The van der Waals surface area contributed by atoms with Crippen LogP contribution in [0, 0.1) is 6.92 Å². The predicted molar refractivity (Wildman–Crippen MR) is 103 cm³/mol. The highest BCUT2D eigenvalue weighted by Gasteiger charge is 2.21. The molecule has 0 amide bonds. The monoisotopic (exact) mass is 364 g/mol. The van der Waals surface area contributed by atoms with Gasteiger partial charge in [0.2, 0.25) is 11.7 Å². The van der Waals surface area contributed by atoms with Gasteiger partial charge in [-0.2, -0.15) is 4.98 Å². The number of aryl methyl sites for hydroxylation is 2. The SMILES string of the molecule is CCc1cc(-c2noc(-c3cc(OC)nc(C4CCCC4)c3)n2)cc(C)n1. The molecule has 3 aromatic heterocycles. The molecule has 0 spiro atoms. The summed E-state index contributed by atoms with van der Waals surface area (Å²) in [6.45, 7) is 4.06. The van der Waals surface area contributed by atoms with Gasteiger partial charge in [0, 0.05) is 40.2 Å². The fourth-order valence-electron chi connectivity index (χ4n) is 3.69. The Bertz CT molecular complexity index is 945. The second-order valence-corrected chi connectivity index (χ2v) is 7.07. The Morgan fingerprint density at radius 2 is 1.85 bits per heavy atom. The van der Waals surface area contributed by atoms with Gasteiger partial charge in [-0.3, -0.25) is 4.98 Å². The second kappa shape index (κ2) is 7.47. The lowest BCUT2D eigenvalue weighted by Gasteiger charge is -2.11. The predicted octanol–water partition coefficient (Wildman–Crippen LogP) is 4.73. The molecule has 0 N–H and O–H groups in total. The third-order valence-corrected chi connectivity index (χ3v) is 5.10. The van der Waals surface area contributed by atoms with E-state index in [4.69, 9.17) is 9.26 Å². The van der Waals surface area contributed by atoms with Gasteiger partial charge in [-0.1, -0.05) is 24.9 Å². The van der Waals surface area contributed by atoms with Crippen LogP contribution in [0.5, 0.6) is 5.88 Å². The summed E-state index contributed by atoms with van der Waals surface area (Å²) in [7, 11) is 1.63. The van der Waals surface area contributed by atoms with Gasteiger partial charge in [-0.05, 0) is 44.4 Å². The number of pyridine rings is 2. The van der Waals surface area contributed by atoms with Crippen LogP contribution in [-0.2, 0) is 6.42 Å². The van der Waals surface area contributed by atoms with Crippen LogP contribution in [-0.4, -0.2) is 27.2 Å². The number of nitrogens with zero attached hydrogens (tertiary/aromatic N) is 4. The number of ether oxygens (including phenoxy) is 1. The zero-order chi connectivity index (χ0) is 18.8. The van der Waals surface area contributed by atoms with E-state index in [0.29, 0.717) is 23.5 Å². The molecule has 0 atom stereocenters. The number of hydrogen-bond donors (Lipinski definition) is 0. The highest BCUT2D eigenvalue weighted by molar-refractivity contribution is 5.61. The van der Waals surface area contributed by atoms with E-state index in [2.05, 4.69) is 33.1 Å². The lowest BCUT2D eigenvalue weighted by molar-refractivity contribution is 0.394. The Kier molecular flexibility index (Phi) is 4.88. The highest BCUT2D eigenvalue weighted by atomic mass is 16.5. The van der Waals surface area contributed by atoms with Crippen LogP contribution in [0.25, 0.3) is 22.8 Å². The van der Waals surface area contributed by atoms with Crippen molar-refractivity contribution in [2.75, 3.05) is 7.11 Å². The van der Waals surface area contributed by atoms with Crippen molar-refractivity contribution in [3.05, 3.63) is 41.3 Å². The summed E-state index contributed by atoms with van der Waals surface area (Å²) in [5.74, 6) is 2.12. The fourth-order valence-corrected chi connectivity index (χ4v) is 3.69. The third-order valence-electron chi connectivity index (χ3n) is 5.10. The Labute approximate surface area is 159 Å². The van der Waals surface area contributed by atoms with Crippen LogP contribution >= 0.6 is 0 Å². The van der Waals surface area contributed by atoms with Crippen molar-refractivity contribution in [1.82, 2.24) is 20.1 Å². The van der Waals surface area contributed by atoms with Crippen molar-refractivity contribution in [2.45, 2.75) is 51.9 Å². The van der Waals surface area contributed by atoms with E-state index < -0.39 is 0 Å². The first-order valence-corrected chi connectivity index (χ1v) is 9.54. The number of aromatic nitrogens is 4. The van der Waals surface area contributed by atoms with Gasteiger partial charge < -0.3 is 9.26 Å². The molecule has 6 heteroatoms. The molecule has 1 aliphatic carbocycles. The third kappa shape index (κ3) is 3.70. The largest absolute Gasteiger partial charge is 0.481 e. The summed E-state index contributed by atoms with van der Waals surface area (Å²) in [4.78, 5) is 13.8. The smallest absolute Gasteiger partial charge is 0.258 e. The summed E-state index contributed by atoms with van der Waals surface area (Å²) < 4.78 is 11.0. The Morgan fingerprint density at radius 1 is 1.04 bits per heavy atom. The van der Waals surface area contributed by atoms with Crippen LogP contribution in [0.4, 0.5) is 0 Å². The van der Waals surface area contributed by atoms with Crippen LogP contribution in [0.15, 0.2) is 28.8 Å². The van der Waals surface area contributed by atoms with E-state index in [0.717, 1.165) is 34.6 Å². The van der Waals surface area contributed by atoms with Gasteiger partial charge >= 0.3 is 0 Å². The minimum atomic E-state index is 0.483. The maximum Gasteiger partial charge on any atom is 0.258 e. The molecular weight excluding hydrogens is 340 g/mol. The van der Waals surface area contributed by atoms with Crippen molar-refractivity contribution < 1.29 is 9.26 Å². The molecule has 3 heterocycles. The van der Waals surface area contributed by atoms with Gasteiger partial charge in [0.1, 0.15) is 0 Å². The van der Waals surface area contributed by atoms with Crippen molar-refractivity contribution in [2.24, 2.45) is 0 Å². The molecule has 6 nitrogen and oxygen atoms in total. The van der Waals surface area contributed by atoms with Crippen molar-refractivity contribution in [3.63, 3.8) is 0 Å². The van der Waals surface area contributed by atoms with Crippen LogP contribution in [0.2, 0.25) is 0 Å². The molecule has 27 heavy (non-hydrogen) atoms. The first-order valence-electron chi connectivity index (χ1n) is 9.54. The van der Waals surface area contributed by atoms with E-state index >= 15 is 0 Å². The van der Waals surface area contributed by atoms with Crippen LogP contribution < -0.4 is 4.74 Å². The van der Waals surface area contributed by atoms with Gasteiger partial charge in [0.15, 0.2) is 0 Å². The average molecular weight is 364 g/mol. The Hall–Kier alpha value is -2.76. The number of rotatable bonds is 5. The summed E-state index contributed by atoms with van der Waals surface area (Å²) in [6.07, 6.45) is 5.72. The summed E-state index contributed by atoms with van der Waals surface area (Å²) in [5.41, 5.74) is 4.79. The van der Waals surface area contributed by atoms with E-state index in [1.807, 2.05) is 25.1 Å². The average Bonchev–Trinajstić information content (AvgIpc) is 3.39. The van der Waals surface area contributed by atoms with Gasteiger partial charge in [0.25, 0.3) is 5.89 Å². The first-order chi connectivity index (χ1) is 13.2. The summed E-state index contributed by atoms with van der Waals surface area (Å²) in [5, 5.41) is 4.19. The maximum absolute atomic E-state index is 5.57. The maximum atomic E-state index is 5.57. The minimum absolute atomic E-state index is 0.483. The van der Waals surface area contributed by atoms with Gasteiger partial charge in [0.05, 0.1) is 7.11 Å². The van der Waals surface area contributed by atoms with E-state index in [9.17, 15) is 0 Å². The molecule has 0 saturated heterocycles. The lowest BCUT2D eigenvalue weighted by atomic mass is 10.0. The van der Waals surface area contributed by atoms with Gasteiger partial charge in [-0.25, -0.2) is 4.98 Å². The molecule has 0 aliphatic heterocycles. The van der Waals surface area contributed by atoms with Crippen LogP contribution in [0.3, 0.4) is 0 Å². The van der Waals surface area contributed by atoms with Crippen LogP contribution in [0.1, 0.15) is 55.6 Å². The van der Waals surface area contributed by atoms with Crippen molar-refractivity contribution in [3.8, 4) is 28.7 Å². The first kappa shape index (κ1) is 17.6. The molecular formula is C21H24N4O2. The molecule has 0 radical (unpaired) electrons. The summed E-state index contributed by atoms with van der Waals surface area (Å²) >= 11 is 0. The number of hydrogen-bond acceptors (Lipinski definition) is 6. The van der Waals surface area contributed by atoms with E-state index in [1.54, 1.807) is 7.11 Å². The Balaban J connectivity index is 1.70.